The first-order valence-corrected chi connectivity index (χ1v) is 10.6. The lowest BCUT2D eigenvalue weighted by atomic mass is 10.1. The highest BCUT2D eigenvalue weighted by molar-refractivity contribution is 8.00. The molecule has 154 valence electrons. The molecule has 0 aliphatic heterocycles. The van der Waals surface area contributed by atoms with E-state index in [1.54, 1.807) is 36.4 Å². The van der Waals surface area contributed by atoms with Gasteiger partial charge in [0.15, 0.2) is 12.4 Å². The molecule has 0 aliphatic rings. The van der Waals surface area contributed by atoms with Gasteiger partial charge in [0.25, 0.3) is 5.91 Å². The summed E-state index contributed by atoms with van der Waals surface area (Å²) in [6.45, 7) is 2.46. The minimum atomic E-state index is -0.232. The zero-order valence-electron chi connectivity index (χ0n) is 16.7. The van der Waals surface area contributed by atoms with Crippen molar-refractivity contribution in [3.05, 3.63) is 84.4 Å². The predicted octanol–water partition coefficient (Wildman–Crippen LogP) is 5.08. The Hall–Kier alpha value is -3.25. The van der Waals surface area contributed by atoms with Crippen molar-refractivity contribution in [3.8, 4) is 11.5 Å². The minimum Gasteiger partial charge on any atom is -0.494 e. The average Bonchev–Trinajstić information content (AvgIpc) is 2.78. The van der Waals surface area contributed by atoms with Crippen LogP contribution in [0.5, 0.6) is 11.5 Å². The quantitative estimate of drug-likeness (QED) is 0.365. The van der Waals surface area contributed by atoms with E-state index >= 15 is 0 Å². The molecule has 0 unspecified atom stereocenters. The van der Waals surface area contributed by atoms with E-state index in [1.165, 1.54) is 11.8 Å². The summed E-state index contributed by atoms with van der Waals surface area (Å²) in [6, 6.07) is 23.7. The van der Waals surface area contributed by atoms with E-state index in [-0.39, 0.29) is 18.3 Å². The van der Waals surface area contributed by atoms with E-state index in [2.05, 4.69) is 5.32 Å². The maximum absolute atomic E-state index is 12.4. The molecule has 1 N–H and O–H groups in total. The Kier molecular flexibility index (Phi) is 7.92. The molecular weight excluding hydrogens is 398 g/mol. The maximum atomic E-state index is 12.4. The third-order valence-corrected chi connectivity index (χ3v) is 5.12. The van der Waals surface area contributed by atoms with Gasteiger partial charge < -0.3 is 14.8 Å². The Labute approximate surface area is 180 Å². The number of rotatable bonds is 10. The van der Waals surface area contributed by atoms with Gasteiger partial charge in [0, 0.05) is 16.1 Å². The van der Waals surface area contributed by atoms with Gasteiger partial charge >= 0.3 is 0 Å². The van der Waals surface area contributed by atoms with E-state index in [0.717, 1.165) is 10.6 Å². The smallest absolute Gasteiger partial charge is 0.262 e. The largest absolute Gasteiger partial charge is 0.494 e. The number of ketones is 1. The Morgan fingerprint density at radius 2 is 1.50 bits per heavy atom. The molecule has 0 saturated carbocycles. The number of carbonyl (C=O) groups excluding carboxylic acids is 2. The lowest BCUT2D eigenvalue weighted by molar-refractivity contribution is -0.118. The number of thioether (sulfide) groups is 1. The van der Waals surface area contributed by atoms with Gasteiger partial charge in [-0.1, -0.05) is 18.2 Å². The molecule has 0 radical (unpaired) electrons. The first-order valence-electron chi connectivity index (χ1n) is 9.60. The van der Waals surface area contributed by atoms with Crippen molar-refractivity contribution in [1.29, 1.82) is 0 Å². The van der Waals surface area contributed by atoms with Gasteiger partial charge in [0.2, 0.25) is 0 Å². The third-order valence-electron chi connectivity index (χ3n) is 4.11. The van der Waals surface area contributed by atoms with E-state index in [1.807, 2.05) is 49.4 Å². The number of amides is 1. The summed E-state index contributed by atoms with van der Waals surface area (Å²) in [6.07, 6.45) is 0. The Morgan fingerprint density at radius 3 is 2.17 bits per heavy atom. The number of nitrogens with one attached hydrogen (secondary N) is 1. The summed E-state index contributed by atoms with van der Waals surface area (Å²) in [5.41, 5.74) is 1.34. The van der Waals surface area contributed by atoms with Crippen molar-refractivity contribution in [3.63, 3.8) is 0 Å². The monoisotopic (exact) mass is 421 g/mol. The second-order valence-corrected chi connectivity index (χ2v) is 7.39. The van der Waals surface area contributed by atoms with Crippen LogP contribution in [0.1, 0.15) is 17.3 Å². The summed E-state index contributed by atoms with van der Waals surface area (Å²) in [5, 5.41) is 2.79. The molecule has 3 aromatic rings. The fourth-order valence-electron chi connectivity index (χ4n) is 2.63. The molecule has 0 atom stereocenters. The predicted molar refractivity (Wildman–Crippen MR) is 120 cm³/mol. The lowest BCUT2D eigenvalue weighted by Crippen LogP contribution is -2.20. The van der Waals surface area contributed by atoms with E-state index in [0.29, 0.717) is 29.4 Å². The molecule has 0 spiro atoms. The van der Waals surface area contributed by atoms with Crippen LogP contribution in [-0.2, 0) is 4.79 Å². The molecular formula is C24H23NO4S. The van der Waals surface area contributed by atoms with Crippen LogP contribution in [-0.4, -0.2) is 30.7 Å². The molecule has 1 amide bonds. The fourth-order valence-corrected chi connectivity index (χ4v) is 3.43. The number of anilines is 1. The van der Waals surface area contributed by atoms with Gasteiger partial charge in [0.1, 0.15) is 11.5 Å². The number of hydrogen-bond acceptors (Lipinski definition) is 5. The second kappa shape index (κ2) is 11.1. The van der Waals surface area contributed by atoms with Gasteiger partial charge in [-0.2, -0.15) is 0 Å². The highest BCUT2D eigenvalue weighted by Gasteiger charge is 2.08. The SMILES string of the molecule is CCOc1ccc(C(=O)CSc2ccc(NC(=O)COc3ccccc3)cc2)cc1. The Bertz CT molecular complexity index is 957. The van der Waals surface area contributed by atoms with Crippen LogP contribution in [0.25, 0.3) is 0 Å². The van der Waals surface area contributed by atoms with Crippen molar-refractivity contribution in [2.75, 3.05) is 24.3 Å². The van der Waals surface area contributed by atoms with Crippen LogP contribution in [0.2, 0.25) is 0 Å². The first kappa shape index (κ1) is 21.5. The van der Waals surface area contributed by atoms with Gasteiger partial charge in [-0.15, -0.1) is 11.8 Å². The van der Waals surface area contributed by atoms with Crippen molar-refractivity contribution >= 4 is 29.1 Å². The average molecular weight is 422 g/mol. The highest BCUT2D eigenvalue weighted by Crippen LogP contribution is 2.22. The van der Waals surface area contributed by atoms with Gasteiger partial charge in [0.05, 0.1) is 12.4 Å². The van der Waals surface area contributed by atoms with Crippen LogP contribution in [0.4, 0.5) is 5.69 Å². The molecule has 0 saturated heterocycles. The Balaban J connectivity index is 1.44. The second-order valence-electron chi connectivity index (χ2n) is 6.34. The lowest BCUT2D eigenvalue weighted by Gasteiger charge is -2.08. The zero-order chi connectivity index (χ0) is 21.2. The molecule has 0 heterocycles. The van der Waals surface area contributed by atoms with Crippen molar-refractivity contribution < 1.29 is 19.1 Å². The van der Waals surface area contributed by atoms with E-state index < -0.39 is 0 Å². The standard InChI is InChI=1S/C24H23NO4S/c1-2-28-21-12-8-18(9-13-21)23(26)17-30-22-14-10-19(11-15-22)25-24(27)16-29-20-6-4-3-5-7-20/h3-15H,2,16-17H2,1H3,(H,25,27). The molecule has 0 aliphatic carbocycles. The number of carbonyl (C=O) groups is 2. The topological polar surface area (TPSA) is 64.6 Å². The summed E-state index contributed by atoms with van der Waals surface area (Å²) in [7, 11) is 0. The number of benzene rings is 3. The number of hydrogen-bond donors (Lipinski definition) is 1. The minimum absolute atomic E-state index is 0.0542. The van der Waals surface area contributed by atoms with Crippen molar-refractivity contribution in [2.45, 2.75) is 11.8 Å². The van der Waals surface area contributed by atoms with Crippen molar-refractivity contribution in [1.82, 2.24) is 0 Å². The van der Waals surface area contributed by atoms with Gasteiger partial charge in [-0.05, 0) is 67.6 Å². The third kappa shape index (κ3) is 6.67. The highest BCUT2D eigenvalue weighted by atomic mass is 32.2. The zero-order valence-corrected chi connectivity index (χ0v) is 17.5. The van der Waals surface area contributed by atoms with Gasteiger partial charge in [-0.25, -0.2) is 0 Å². The van der Waals surface area contributed by atoms with E-state index in [9.17, 15) is 9.59 Å². The number of Topliss-reactive ketones (excluding diaryl/α,β-unsaturated/α-hetero) is 1. The summed E-state index contributed by atoms with van der Waals surface area (Å²) in [4.78, 5) is 25.3. The van der Waals surface area contributed by atoms with Crippen LogP contribution >= 0.6 is 11.8 Å². The van der Waals surface area contributed by atoms with Crippen molar-refractivity contribution in [2.24, 2.45) is 0 Å². The molecule has 30 heavy (non-hydrogen) atoms. The summed E-state index contributed by atoms with van der Waals surface area (Å²) < 4.78 is 10.8. The molecule has 6 heteroatoms. The normalized spacial score (nSPS) is 10.3. The summed E-state index contributed by atoms with van der Waals surface area (Å²) >= 11 is 1.45. The fraction of sp³-hybridized carbons (Fsp3) is 0.167. The molecule has 5 nitrogen and oxygen atoms in total. The molecule has 0 bridgehead atoms. The number of ether oxygens (including phenoxy) is 2. The molecule has 3 rings (SSSR count). The Morgan fingerprint density at radius 1 is 0.833 bits per heavy atom. The molecule has 0 aromatic heterocycles. The van der Waals surface area contributed by atoms with Crippen LogP contribution in [0.3, 0.4) is 0 Å². The van der Waals surface area contributed by atoms with Gasteiger partial charge in [-0.3, -0.25) is 9.59 Å². The van der Waals surface area contributed by atoms with E-state index in [4.69, 9.17) is 9.47 Å². The maximum Gasteiger partial charge on any atom is 0.262 e. The first-order chi connectivity index (χ1) is 14.6. The molecule has 3 aromatic carbocycles. The van der Waals surface area contributed by atoms with Crippen LogP contribution in [0, 0.1) is 0 Å². The number of para-hydroxylation sites is 1. The summed E-state index contributed by atoms with van der Waals surface area (Å²) in [5.74, 6) is 1.57. The van der Waals surface area contributed by atoms with Crippen LogP contribution < -0.4 is 14.8 Å². The van der Waals surface area contributed by atoms with Crippen LogP contribution in [0.15, 0.2) is 83.8 Å². The molecule has 0 fully saturated rings.